The highest BCUT2D eigenvalue weighted by molar-refractivity contribution is 7.20. The molecule has 3 aromatic rings. The molecule has 0 saturated heterocycles. The zero-order valence-corrected chi connectivity index (χ0v) is 17.0. The number of fused-ring (bicyclic) bond motifs is 1. The van der Waals surface area contributed by atoms with Crippen LogP contribution in [0.3, 0.4) is 0 Å². The highest BCUT2D eigenvalue weighted by atomic mass is 32.1. The van der Waals surface area contributed by atoms with Gasteiger partial charge >= 0.3 is 5.97 Å². The predicted octanol–water partition coefficient (Wildman–Crippen LogP) is 3.78. The number of ketones is 1. The van der Waals surface area contributed by atoms with E-state index in [1.165, 1.54) is 16.5 Å². The molecule has 0 radical (unpaired) electrons. The summed E-state index contributed by atoms with van der Waals surface area (Å²) in [6, 6.07) is 7.46. The lowest BCUT2D eigenvalue weighted by molar-refractivity contribution is 0.0531. The van der Waals surface area contributed by atoms with Crippen molar-refractivity contribution < 1.29 is 14.3 Å². The van der Waals surface area contributed by atoms with Gasteiger partial charge in [-0.2, -0.15) is 0 Å². The summed E-state index contributed by atoms with van der Waals surface area (Å²) in [5.41, 5.74) is 1.95. The van der Waals surface area contributed by atoms with Gasteiger partial charge in [0.25, 0.3) is 5.56 Å². The molecule has 1 aromatic carbocycles. The number of Topliss-reactive ketones (excluding diaryl/α,β-unsaturated/α-hetero) is 1. The third-order valence-electron chi connectivity index (χ3n) is 4.51. The molecule has 0 bridgehead atoms. The van der Waals surface area contributed by atoms with Crippen LogP contribution in [-0.4, -0.2) is 27.9 Å². The summed E-state index contributed by atoms with van der Waals surface area (Å²) in [4.78, 5) is 42.7. The van der Waals surface area contributed by atoms with E-state index in [2.05, 4.69) is 11.9 Å². The van der Waals surface area contributed by atoms with E-state index in [-0.39, 0.29) is 24.5 Å². The number of nitrogens with zero attached hydrogens (tertiary/aromatic N) is 2. The Hall–Kier alpha value is -2.80. The molecular weight excluding hydrogens is 376 g/mol. The number of thiophene rings is 1. The van der Waals surface area contributed by atoms with Crippen LogP contribution in [0.4, 0.5) is 0 Å². The number of hydrogen-bond donors (Lipinski definition) is 0. The van der Waals surface area contributed by atoms with Crippen molar-refractivity contribution in [2.75, 3.05) is 6.61 Å². The van der Waals surface area contributed by atoms with E-state index in [1.807, 2.05) is 12.1 Å². The van der Waals surface area contributed by atoms with Crippen LogP contribution < -0.4 is 5.56 Å². The lowest BCUT2D eigenvalue weighted by Gasteiger charge is -2.06. The molecule has 0 amide bonds. The van der Waals surface area contributed by atoms with Gasteiger partial charge < -0.3 is 4.74 Å². The first-order valence-electron chi connectivity index (χ1n) is 9.24. The molecule has 0 saturated carbocycles. The third kappa shape index (κ3) is 3.89. The van der Waals surface area contributed by atoms with E-state index >= 15 is 0 Å². The fourth-order valence-corrected chi connectivity index (χ4v) is 4.09. The molecule has 0 atom stereocenters. The molecule has 0 aliphatic rings. The highest BCUT2D eigenvalue weighted by Crippen LogP contribution is 2.27. The standard InChI is InChI=1S/C21H22N2O4S/c1-4-6-14-7-9-15(10-8-14)16(24)11-23-12-22-19-17(20(23)25)13(3)18(28-19)21(26)27-5-2/h7-10,12H,4-6,11H2,1-3H3. The largest absolute Gasteiger partial charge is 0.462 e. The quantitative estimate of drug-likeness (QED) is 0.447. The van der Waals surface area contributed by atoms with Gasteiger partial charge in [-0.1, -0.05) is 37.6 Å². The topological polar surface area (TPSA) is 78.3 Å². The zero-order valence-electron chi connectivity index (χ0n) is 16.2. The Morgan fingerprint density at radius 1 is 1.18 bits per heavy atom. The van der Waals surface area contributed by atoms with Crippen LogP contribution in [0, 0.1) is 6.92 Å². The molecule has 6 nitrogen and oxygen atoms in total. The van der Waals surface area contributed by atoms with Crippen LogP contribution in [0.5, 0.6) is 0 Å². The molecule has 2 aromatic heterocycles. The second-order valence-electron chi connectivity index (χ2n) is 6.50. The Morgan fingerprint density at radius 2 is 1.89 bits per heavy atom. The summed E-state index contributed by atoms with van der Waals surface area (Å²) in [7, 11) is 0. The van der Waals surface area contributed by atoms with Crippen LogP contribution >= 0.6 is 11.3 Å². The van der Waals surface area contributed by atoms with Gasteiger partial charge in [-0.15, -0.1) is 11.3 Å². The maximum atomic E-state index is 12.9. The van der Waals surface area contributed by atoms with Gasteiger partial charge in [0.15, 0.2) is 5.78 Å². The van der Waals surface area contributed by atoms with E-state index in [9.17, 15) is 14.4 Å². The maximum absolute atomic E-state index is 12.9. The average Bonchev–Trinajstić information content (AvgIpc) is 3.02. The number of ether oxygens (including phenoxy) is 1. The summed E-state index contributed by atoms with van der Waals surface area (Å²) in [5, 5.41) is 0.363. The third-order valence-corrected chi connectivity index (χ3v) is 5.69. The van der Waals surface area contributed by atoms with Crippen molar-refractivity contribution >= 4 is 33.3 Å². The number of benzene rings is 1. The van der Waals surface area contributed by atoms with Gasteiger partial charge in [0.2, 0.25) is 0 Å². The van der Waals surface area contributed by atoms with Crippen molar-refractivity contribution in [1.29, 1.82) is 0 Å². The van der Waals surface area contributed by atoms with Crippen LogP contribution in [0.25, 0.3) is 10.2 Å². The van der Waals surface area contributed by atoms with Crippen LogP contribution in [0.2, 0.25) is 0 Å². The molecule has 146 valence electrons. The Labute approximate surface area is 166 Å². The molecule has 0 spiro atoms. The van der Waals surface area contributed by atoms with E-state index < -0.39 is 5.97 Å². The number of carbonyl (C=O) groups is 2. The second kappa shape index (κ2) is 8.48. The molecule has 0 unspecified atom stereocenters. The van der Waals surface area contributed by atoms with Gasteiger partial charge in [0, 0.05) is 5.56 Å². The van der Waals surface area contributed by atoms with Crippen molar-refractivity contribution in [2.24, 2.45) is 0 Å². The highest BCUT2D eigenvalue weighted by Gasteiger charge is 2.21. The van der Waals surface area contributed by atoms with Crippen molar-refractivity contribution in [3.8, 4) is 0 Å². The number of rotatable bonds is 7. The Morgan fingerprint density at radius 3 is 2.54 bits per heavy atom. The van der Waals surface area contributed by atoms with Gasteiger partial charge in [-0.05, 0) is 31.4 Å². The molecule has 7 heteroatoms. The number of aromatic nitrogens is 2. The van der Waals surface area contributed by atoms with Crippen molar-refractivity contribution in [3.63, 3.8) is 0 Å². The number of carbonyl (C=O) groups excluding carboxylic acids is 2. The minimum atomic E-state index is -0.461. The van der Waals surface area contributed by atoms with E-state index in [1.54, 1.807) is 26.0 Å². The molecule has 0 N–H and O–H groups in total. The minimum Gasteiger partial charge on any atom is -0.462 e. The van der Waals surface area contributed by atoms with Crippen LogP contribution in [0.1, 0.15) is 51.4 Å². The van der Waals surface area contributed by atoms with Crippen molar-refractivity contribution in [1.82, 2.24) is 9.55 Å². The molecule has 28 heavy (non-hydrogen) atoms. The fourth-order valence-electron chi connectivity index (χ4n) is 3.06. The second-order valence-corrected chi connectivity index (χ2v) is 7.50. The fraction of sp³-hybridized carbons (Fsp3) is 0.333. The molecule has 2 heterocycles. The first-order valence-corrected chi connectivity index (χ1v) is 10.1. The van der Waals surface area contributed by atoms with Crippen LogP contribution in [-0.2, 0) is 17.7 Å². The van der Waals surface area contributed by atoms with E-state index in [0.29, 0.717) is 26.2 Å². The SMILES string of the molecule is CCCc1ccc(C(=O)Cn2cnc3sc(C(=O)OCC)c(C)c3c2=O)cc1. The predicted molar refractivity (Wildman–Crippen MR) is 109 cm³/mol. The molecular formula is C21H22N2O4S. The van der Waals surface area contributed by atoms with Crippen molar-refractivity contribution in [3.05, 3.63) is 62.5 Å². The van der Waals surface area contributed by atoms with Crippen LogP contribution in [0.15, 0.2) is 35.4 Å². The van der Waals surface area contributed by atoms with Gasteiger partial charge in [-0.3, -0.25) is 14.2 Å². The summed E-state index contributed by atoms with van der Waals surface area (Å²) in [6.45, 7) is 5.70. The number of hydrogen-bond acceptors (Lipinski definition) is 6. The Kier molecular flexibility index (Phi) is 6.04. The Bertz CT molecular complexity index is 1080. The molecule has 0 aliphatic carbocycles. The van der Waals surface area contributed by atoms with E-state index in [4.69, 9.17) is 4.74 Å². The zero-order chi connectivity index (χ0) is 20.3. The number of aryl methyl sites for hydroxylation is 2. The average molecular weight is 398 g/mol. The lowest BCUT2D eigenvalue weighted by Crippen LogP contribution is -2.24. The van der Waals surface area contributed by atoms with Gasteiger partial charge in [-0.25, -0.2) is 9.78 Å². The monoisotopic (exact) mass is 398 g/mol. The first kappa shape index (κ1) is 19.9. The molecule has 0 fully saturated rings. The number of esters is 1. The smallest absolute Gasteiger partial charge is 0.348 e. The normalized spacial score (nSPS) is 11.0. The summed E-state index contributed by atoms with van der Waals surface area (Å²) in [5.74, 6) is -0.623. The van der Waals surface area contributed by atoms with E-state index in [0.717, 1.165) is 24.2 Å². The summed E-state index contributed by atoms with van der Waals surface area (Å²) in [6.07, 6.45) is 3.37. The molecule has 3 rings (SSSR count). The molecule has 0 aliphatic heterocycles. The maximum Gasteiger partial charge on any atom is 0.348 e. The summed E-state index contributed by atoms with van der Waals surface area (Å²) >= 11 is 1.13. The first-order chi connectivity index (χ1) is 13.5. The van der Waals surface area contributed by atoms with Crippen molar-refractivity contribution in [2.45, 2.75) is 40.2 Å². The Balaban J connectivity index is 1.90. The van der Waals surface area contributed by atoms with Gasteiger partial charge in [0.1, 0.15) is 9.71 Å². The minimum absolute atomic E-state index is 0.0983. The van der Waals surface area contributed by atoms with Gasteiger partial charge in [0.05, 0.1) is 24.9 Å². The summed E-state index contributed by atoms with van der Waals surface area (Å²) < 4.78 is 6.33. The lowest BCUT2D eigenvalue weighted by atomic mass is 10.1.